The van der Waals surface area contributed by atoms with Crippen LogP contribution in [-0.4, -0.2) is 44.0 Å². The van der Waals surface area contributed by atoms with Gasteiger partial charge in [0.25, 0.3) is 0 Å². The van der Waals surface area contributed by atoms with Gasteiger partial charge in [0, 0.05) is 25.8 Å². The van der Waals surface area contributed by atoms with Gasteiger partial charge in [0.2, 0.25) is 0 Å². The van der Waals surface area contributed by atoms with Crippen molar-refractivity contribution in [3.8, 4) is 0 Å². The standard InChI is InChI=1S/C17H32N4O2/c1-8-18-16(20-11-15(22-7)17(4,5)6)19-10-9-14-12(2)21-23-13(14)3/h15H,8-11H2,1-7H3,(H2,18,19,20). The van der Waals surface area contributed by atoms with E-state index in [-0.39, 0.29) is 11.5 Å². The van der Waals surface area contributed by atoms with E-state index in [0.717, 1.165) is 42.5 Å². The zero-order valence-electron chi connectivity index (χ0n) is 15.6. The zero-order chi connectivity index (χ0) is 17.5. The summed E-state index contributed by atoms with van der Waals surface area (Å²) in [4.78, 5) is 4.65. The lowest BCUT2D eigenvalue weighted by atomic mass is 9.89. The van der Waals surface area contributed by atoms with E-state index in [1.54, 1.807) is 7.11 Å². The minimum Gasteiger partial charge on any atom is -0.379 e. The summed E-state index contributed by atoms with van der Waals surface area (Å²) in [6, 6.07) is 0. The van der Waals surface area contributed by atoms with Gasteiger partial charge < -0.3 is 19.9 Å². The monoisotopic (exact) mass is 324 g/mol. The minimum atomic E-state index is 0.0618. The molecule has 0 aliphatic rings. The minimum absolute atomic E-state index is 0.0618. The largest absolute Gasteiger partial charge is 0.379 e. The molecule has 132 valence electrons. The summed E-state index contributed by atoms with van der Waals surface area (Å²) in [6.45, 7) is 14.7. The molecular formula is C17H32N4O2. The molecule has 1 atom stereocenters. The van der Waals surface area contributed by atoms with Crippen LogP contribution in [0.3, 0.4) is 0 Å². The average Bonchev–Trinajstić information content (AvgIpc) is 2.78. The summed E-state index contributed by atoms with van der Waals surface area (Å²) in [7, 11) is 1.74. The first kappa shape index (κ1) is 19.5. The van der Waals surface area contributed by atoms with Crippen molar-refractivity contribution in [2.24, 2.45) is 10.4 Å². The summed E-state index contributed by atoms with van der Waals surface area (Å²) in [5.74, 6) is 1.70. The number of nitrogens with one attached hydrogen (secondary N) is 2. The SMILES string of the molecule is CCNC(=NCC(OC)C(C)(C)C)NCCc1c(C)noc1C. The molecule has 0 saturated heterocycles. The second-order valence-electron chi connectivity index (χ2n) is 6.79. The summed E-state index contributed by atoms with van der Waals surface area (Å²) in [5, 5.41) is 10.6. The van der Waals surface area contributed by atoms with Crippen molar-refractivity contribution in [3.63, 3.8) is 0 Å². The van der Waals surface area contributed by atoms with Crippen LogP contribution in [-0.2, 0) is 11.2 Å². The van der Waals surface area contributed by atoms with Crippen LogP contribution in [0, 0.1) is 19.3 Å². The Hall–Kier alpha value is -1.56. The summed E-state index contributed by atoms with van der Waals surface area (Å²) in [5.41, 5.74) is 2.18. The van der Waals surface area contributed by atoms with Crippen molar-refractivity contribution in [3.05, 3.63) is 17.0 Å². The predicted octanol–water partition coefficient (Wildman–Crippen LogP) is 2.45. The summed E-state index contributed by atoms with van der Waals surface area (Å²) in [6.07, 6.45) is 0.943. The van der Waals surface area contributed by atoms with Gasteiger partial charge in [-0.1, -0.05) is 25.9 Å². The number of nitrogens with zero attached hydrogens (tertiary/aromatic N) is 2. The lowest BCUT2D eigenvalue weighted by molar-refractivity contribution is 0.0241. The fourth-order valence-electron chi connectivity index (χ4n) is 2.38. The third kappa shape index (κ3) is 6.22. The molecule has 2 N–H and O–H groups in total. The highest BCUT2D eigenvalue weighted by molar-refractivity contribution is 5.79. The average molecular weight is 324 g/mol. The molecule has 0 radical (unpaired) electrons. The van der Waals surface area contributed by atoms with Crippen LogP contribution < -0.4 is 10.6 Å². The number of methoxy groups -OCH3 is 1. The van der Waals surface area contributed by atoms with Gasteiger partial charge in [-0.05, 0) is 32.6 Å². The molecule has 6 heteroatoms. The number of ether oxygens (including phenoxy) is 1. The predicted molar refractivity (Wildman–Crippen MR) is 93.9 cm³/mol. The third-order valence-corrected chi connectivity index (χ3v) is 3.86. The van der Waals surface area contributed by atoms with Crippen molar-refractivity contribution < 1.29 is 9.26 Å². The lowest BCUT2D eigenvalue weighted by Gasteiger charge is -2.28. The molecule has 1 heterocycles. The van der Waals surface area contributed by atoms with E-state index in [2.05, 4.69) is 48.5 Å². The van der Waals surface area contributed by atoms with E-state index >= 15 is 0 Å². The number of guanidine groups is 1. The Morgan fingerprint density at radius 2 is 2.00 bits per heavy atom. The van der Waals surface area contributed by atoms with Crippen molar-refractivity contribution in [2.75, 3.05) is 26.7 Å². The first-order chi connectivity index (χ1) is 10.8. The molecule has 1 unspecified atom stereocenters. The van der Waals surface area contributed by atoms with Crippen molar-refractivity contribution in [2.45, 2.75) is 54.1 Å². The smallest absolute Gasteiger partial charge is 0.191 e. The fraction of sp³-hybridized carbons (Fsp3) is 0.765. The number of aliphatic imine (C=N–C) groups is 1. The quantitative estimate of drug-likeness (QED) is 0.595. The van der Waals surface area contributed by atoms with E-state index in [0.29, 0.717) is 6.54 Å². The molecule has 23 heavy (non-hydrogen) atoms. The Kier molecular flexibility index (Phi) is 7.55. The fourth-order valence-corrected chi connectivity index (χ4v) is 2.38. The summed E-state index contributed by atoms with van der Waals surface area (Å²) < 4.78 is 10.7. The van der Waals surface area contributed by atoms with Gasteiger partial charge in [-0.3, -0.25) is 4.99 Å². The molecule has 1 rings (SSSR count). The molecule has 0 aliphatic heterocycles. The van der Waals surface area contributed by atoms with Crippen LogP contribution in [0.2, 0.25) is 0 Å². The molecule has 6 nitrogen and oxygen atoms in total. The number of hydrogen-bond acceptors (Lipinski definition) is 4. The normalized spacial score (nSPS) is 14.0. The van der Waals surface area contributed by atoms with Crippen LogP contribution in [0.1, 0.15) is 44.7 Å². The van der Waals surface area contributed by atoms with Crippen LogP contribution in [0.25, 0.3) is 0 Å². The van der Waals surface area contributed by atoms with E-state index in [1.165, 1.54) is 0 Å². The van der Waals surface area contributed by atoms with E-state index in [1.807, 2.05) is 13.8 Å². The first-order valence-corrected chi connectivity index (χ1v) is 8.26. The molecule has 0 saturated carbocycles. The Morgan fingerprint density at radius 3 is 2.48 bits per heavy atom. The van der Waals surface area contributed by atoms with Gasteiger partial charge >= 0.3 is 0 Å². The van der Waals surface area contributed by atoms with Crippen molar-refractivity contribution >= 4 is 5.96 Å². The van der Waals surface area contributed by atoms with E-state index in [9.17, 15) is 0 Å². The summed E-state index contributed by atoms with van der Waals surface area (Å²) >= 11 is 0. The van der Waals surface area contributed by atoms with Crippen LogP contribution in [0.15, 0.2) is 9.52 Å². The van der Waals surface area contributed by atoms with Gasteiger partial charge in [0.1, 0.15) is 5.76 Å². The van der Waals surface area contributed by atoms with Crippen LogP contribution in [0.4, 0.5) is 0 Å². The maximum absolute atomic E-state index is 5.55. The van der Waals surface area contributed by atoms with Crippen molar-refractivity contribution in [1.82, 2.24) is 15.8 Å². The molecule has 0 bridgehead atoms. The highest BCUT2D eigenvalue weighted by Crippen LogP contribution is 2.21. The topological polar surface area (TPSA) is 71.7 Å². The molecule has 1 aromatic heterocycles. The molecule has 0 aliphatic carbocycles. The molecule has 0 amide bonds. The van der Waals surface area contributed by atoms with E-state index in [4.69, 9.17) is 9.26 Å². The number of hydrogen-bond donors (Lipinski definition) is 2. The van der Waals surface area contributed by atoms with E-state index < -0.39 is 0 Å². The van der Waals surface area contributed by atoms with Gasteiger partial charge in [-0.15, -0.1) is 0 Å². The highest BCUT2D eigenvalue weighted by Gasteiger charge is 2.24. The molecule has 1 aromatic rings. The number of aromatic nitrogens is 1. The lowest BCUT2D eigenvalue weighted by Crippen LogP contribution is -2.40. The Balaban J connectivity index is 2.59. The number of rotatable bonds is 7. The molecular weight excluding hydrogens is 292 g/mol. The van der Waals surface area contributed by atoms with Gasteiger partial charge in [-0.25, -0.2) is 0 Å². The van der Waals surface area contributed by atoms with Gasteiger partial charge in [-0.2, -0.15) is 0 Å². The van der Waals surface area contributed by atoms with Crippen LogP contribution >= 0.6 is 0 Å². The Labute approximate surface area is 140 Å². The number of aryl methyl sites for hydroxylation is 2. The maximum atomic E-state index is 5.55. The maximum Gasteiger partial charge on any atom is 0.191 e. The second-order valence-corrected chi connectivity index (χ2v) is 6.79. The zero-order valence-corrected chi connectivity index (χ0v) is 15.6. The Morgan fingerprint density at radius 1 is 1.30 bits per heavy atom. The first-order valence-electron chi connectivity index (χ1n) is 8.26. The molecule has 0 aromatic carbocycles. The van der Waals surface area contributed by atoms with Gasteiger partial charge in [0.05, 0.1) is 18.3 Å². The van der Waals surface area contributed by atoms with Crippen molar-refractivity contribution in [1.29, 1.82) is 0 Å². The third-order valence-electron chi connectivity index (χ3n) is 3.86. The van der Waals surface area contributed by atoms with Gasteiger partial charge in [0.15, 0.2) is 5.96 Å². The molecule has 0 spiro atoms. The highest BCUT2D eigenvalue weighted by atomic mass is 16.5. The van der Waals surface area contributed by atoms with Crippen LogP contribution in [0.5, 0.6) is 0 Å². The molecule has 0 fully saturated rings. The second kappa shape index (κ2) is 8.91. The Bertz CT molecular complexity index is 484.